The molecular formula is C13H18N2O. The first-order valence-corrected chi connectivity index (χ1v) is 5.34. The van der Waals surface area contributed by atoms with Crippen LogP contribution in [0.4, 0.5) is 5.69 Å². The monoisotopic (exact) mass is 218 g/mol. The van der Waals surface area contributed by atoms with Crippen LogP contribution in [0.1, 0.15) is 17.5 Å². The minimum Gasteiger partial charge on any atom is -0.496 e. The molecule has 0 heterocycles. The molecule has 0 saturated carbocycles. The summed E-state index contributed by atoms with van der Waals surface area (Å²) in [4.78, 5) is 2.10. The highest BCUT2D eigenvalue weighted by atomic mass is 16.5. The van der Waals surface area contributed by atoms with Gasteiger partial charge in [-0.2, -0.15) is 5.26 Å². The minimum atomic E-state index is 0.543. The lowest BCUT2D eigenvalue weighted by molar-refractivity contribution is 0.411. The fourth-order valence-electron chi connectivity index (χ4n) is 1.75. The Balaban J connectivity index is 2.98. The van der Waals surface area contributed by atoms with Crippen LogP contribution in [0.15, 0.2) is 12.1 Å². The van der Waals surface area contributed by atoms with Crippen LogP contribution < -0.4 is 9.64 Å². The highest BCUT2D eigenvalue weighted by Crippen LogP contribution is 2.29. The van der Waals surface area contributed by atoms with Crippen molar-refractivity contribution in [2.24, 2.45) is 0 Å². The van der Waals surface area contributed by atoms with Crippen LogP contribution in [0.2, 0.25) is 0 Å². The summed E-state index contributed by atoms with van der Waals surface area (Å²) < 4.78 is 5.27. The SMILES string of the molecule is COc1ccc(N(C)CCC#N)c(C)c1C. The Kier molecular flexibility index (Phi) is 4.19. The van der Waals surface area contributed by atoms with Crippen LogP contribution in [0, 0.1) is 25.2 Å². The van der Waals surface area contributed by atoms with Crippen molar-refractivity contribution >= 4 is 5.69 Å². The normalized spacial score (nSPS) is 9.69. The van der Waals surface area contributed by atoms with E-state index < -0.39 is 0 Å². The summed E-state index contributed by atoms with van der Waals surface area (Å²) in [7, 11) is 3.69. The topological polar surface area (TPSA) is 36.3 Å². The summed E-state index contributed by atoms with van der Waals surface area (Å²) in [5.74, 6) is 0.912. The summed E-state index contributed by atoms with van der Waals surface area (Å²) in [6.07, 6.45) is 0.543. The maximum absolute atomic E-state index is 8.57. The summed E-state index contributed by atoms with van der Waals surface area (Å²) in [6, 6.07) is 6.17. The first-order chi connectivity index (χ1) is 7.61. The Hall–Kier alpha value is -1.69. The third-order valence-corrected chi connectivity index (χ3v) is 2.90. The first kappa shape index (κ1) is 12.4. The Bertz CT molecular complexity index is 407. The fraction of sp³-hybridized carbons (Fsp3) is 0.462. The van der Waals surface area contributed by atoms with Crippen molar-refractivity contribution in [1.82, 2.24) is 0 Å². The van der Waals surface area contributed by atoms with Gasteiger partial charge in [-0.05, 0) is 37.1 Å². The van der Waals surface area contributed by atoms with Gasteiger partial charge in [0.05, 0.1) is 19.6 Å². The molecule has 0 N–H and O–H groups in total. The second kappa shape index (κ2) is 5.41. The van der Waals surface area contributed by atoms with Gasteiger partial charge in [0, 0.05) is 19.3 Å². The third kappa shape index (κ3) is 2.46. The maximum atomic E-state index is 8.57. The average Bonchev–Trinajstić information content (AvgIpc) is 2.29. The van der Waals surface area contributed by atoms with E-state index in [1.165, 1.54) is 5.56 Å². The number of nitriles is 1. The van der Waals surface area contributed by atoms with Gasteiger partial charge in [-0.1, -0.05) is 0 Å². The fourth-order valence-corrected chi connectivity index (χ4v) is 1.75. The van der Waals surface area contributed by atoms with Crippen LogP contribution in [-0.2, 0) is 0 Å². The molecule has 0 spiro atoms. The second-order valence-corrected chi connectivity index (χ2v) is 3.87. The van der Waals surface area contributed by atoms with Gasteiger partial charge in [0.15, 0.2) is 0 Å². The van der Waals surface area contributed by atoms with Gasteiger partial charge in [0.2, 0.25) is 0 Å². The number of benzene rings is 1. The molecule has 0 atom stereocenters. The molecule has 0 bridgehead atoms. The molecular weight excluding hydrogens is 200 g/mol. The van der Waals surface area contributed by atoms with E-state index in [2.05, 4.69) is 24.8 Å². The lowest BCUT2D eigenvalue weighted by Gasteiger charge is -2.22. The van der Waals surface area contributed by atoms with Gasteiger partial charge in [-0.15, -0.1) is 0 Å². The number of ether oxygens (including phenoxy) is 1. The smallest absolute Gasteiger partial charge is 0.122 e. The van der Waals surface area contributed by atoms with Gasteiger partial charge in [-0.25, -0.2) is 0 Å². The Morgan fingerprint density at radius 2 is 2.00 bits per heavy atom. The van der Waals surface area contributed by atoms with Crippen molar-refractivity contribution in [3.05, 3.63) is 23.3 Å². The van der Waals surface area contributed by atoms with Crippen LogP contribution in [-0.4, -0.2) is 20.7 Å². The highest BCUT2D eigenvalue weighted by Gasteiger charge is 2.09. The molecule has 3 heteroatoms. The molecule has 16 heavy (non-hydrogen) atoms. The van der Waals surface area contributed by atoms with E-state index >= 15 is 0 Å². The van der Waals surface area contributed by atoms with Crippen molar-refractivity contribution in [1.29, 1.82) is 5.26 Å². The van der Waals surface area contributed by atoms with Crippen molar-refractivity contribution in [3.8, 4) is 11.8 Å². The molecule has 0 radical (unpaired) electrons. The van der Waals surface area contributed by atoms with Gasteiger partial charge < -0.3 is 9.64 Å². The molecule has 1 rings (SSSR count). The van der Waals surface area contributed by atoms with Crippen molar-refractivity contribution in [3.63, 3.8) is 0 Å². The molecule has 3 nitrogen and oxygen atoms in total. The highest BCUT2D eigenvalue weighted by molar-refractivity contribution is 5.59. The zero-order valence-corrected chi connectivity index (χ0v) is 10.4. The number of hydrogen-bond donors (Lipinski definition) is 0. The maximum Gasteiger partial charge on any atom is 0.122 e. The first-order valence-electron chi connectivity index (χ1n) is 5.34. The van der Waals surface area contributed by atoms with Crippen LogP contribution in [0.5, 0.6) is 5.75 Å². The predicted molar refractivity (Wildman–Crippen MR) is 66.0 cm³/mol. The molecule has 0 amide bonds. The molecule has 0 fully saturated rings. The number of nitrogens with zero attached hydrogens (tertiary/aromatic N) is 2. The number of rotatable bonds is 4. The summed E-state index contributed by atoms with van der Waals surface area (Å²) >= 11 is 0. The molecule has 0 aliphatic rings. The van der Waals surface area contributed by atoms with E-state index in [4.69, 9.17) is 10.00 Å². The second-order valence-electron chi connectivity index (χ2n) is 3.87. The van der Waals surface area contributed by atoms with Gasteiger partial charge in [-0.3, -0.25) is 0 Å². The summed E-state index contributed by atoms with van der Waals surface area (Å²) in [6.45, 7) is 4.88. The van der Waals surface area contributed by atoms with Crippen molar-refractivity contribution < 1.29 is 4.74 Å². The molecule has 1 aromatic carbocycles. The van der Waals surface area contributed by atoms with Crippen LogP contribution in [0.25, 0.3) is 0 Å². The lowest BCUT2D eigenvalue weighted by Crippen LogP contribution is -2.19. The van der Waals surface area contributed by atoms with Gasteiger partial charge in [0.25, 0.3) is 0 Å². The zero-order chi connectivity index (χ0) is 12.1. The molecule has 86 valence electrons. The van der Waals surface area contributed by atoms with E-state index in [9.17, 15) is 0 Å². The van der Waals surface area contributed by atoms with Crippen LogP contribution >= 0.6 is 0 Å². The van der Waals surface area contributed by atoms with E-state index in [1.807, 2.05) is 19.2 Å². The molecule has 1 aromatic rings. The minimum absolute atomic E-state index is 0.543. The van der Waals surface area contributed by atoms with Crippen molar-refractivity contribution in [2.45, 2.75) is 20.3 Å². The number of hydrogen-bond acceptors (Lipinski definition) is 3. The van der Waals surface area contributed by atoms with Crippen LogP contribution in [0.3, 0.4) is 0 Å². The quantitative estimate of drug-likeness (QED) is 0.779. The number of anilines is 1. The lowest BCUT2D eigenvalue weighted by atomic mass is 10.1. The van der Waals surface area contributed by atoms with E-state index in [0.717, 1.165) is 23.5 Å². The largest absolute Gasteiger partial charge is 0.496 e. The average molecular weight is 218 g/mol. The van der Waals surface area contributed by atoms with E-state index in [0.29, 0.717) is 6.42 Å². The Labute approximate surface area is 97.3 Å². The zero-order valence-electron chi connectivity index (χ0n) is 10.4. The summed E-state index contributed by atoms with van der Waals surface area (Å²) in [5, 5.41) is 8.57. The predicted octanol–water partition coefficient (Wildman–Crippen LogP) is 2.66. The van der Waals surface area contributed by atoms with E-state index in [1.54, 1.807) is 7.11 Å². The summed E-state index contributed by atoms with van der Waals surface area (Å²) in [5.41, 5.74) is 3.53. The molecule has 0 saturated heterocycles. The van der Waals surface area contributed by atoms with Gasteiger partial charge in [0.1, 0.15) is 5.75 Å². The number of methoxy groups -OCH3 is 1. The Morgan fingerprint density at radius 3 is 2.56 bits per heavy atom. The van der Waals surface area contributed by atoms with Gasteiger partial charge >= 0.3 is 0 Å². The molecule has 0 aliphatic heterocycles. The standard InChI is InChI=1S/C13H18N2O/c1-10-11(2)13(16-4)7-6-12(10)15(3)9-5-8-14/h6-7H,5,9H2,1-4H3. The third-order valence-electron chi connectivity index (χ3n) is 2.90. The molecule has 0 unspecified atom stereocenters. The molecule has 0 aliphatic carbocycles. The Morgan fingerprint density at radius 1 is 1.31 bits per heavy atom. The van der Waals surface area contributed by atoms with E-state index in [-0.39, 0.29) is 0 Å². The molecule has 0 aromatic heterocycles. The van der Waals surface area contributed by atoms with Crippen molar-refractivity contribution in [2.75, 3.05) is 25.6 Å².